The number of rotatable bonds is 10. The number of hydrogen-bond donors (Lipinski definition) is 1. The lowest BCUT2D eigenvalue weighted by molar-refractivity contribution is -0.126. The van der Waals surface area contributed by atoms with Gasteiger partial charge in [-0.25, -0.2) is 0 Å². The molecule has 1 N–H and O–H groups in total. The third-order valence-electron chi connectivity index (χ3n) is 6.69. The Kier molecular flexibility index (Phi) is 9.68. The van der Waals surface area contributed by atoms with Crippen LogP contribution in [0.2, 0.25) is 5.02 Å². The lowest BCUT2D eigenvalue weighted by Crippen LogP contribution is -2.43. The number of aromatic nitrogens is 2. The SMILES string of the molecule is CC(C)(C)c1ccc(-c2noc(CN3CCCC(C(=O)NCCCSCc4ccccc4Cl)C3)n2)cc1. The molecule has 4 rings (SSSR count). The van der Waals surface area contributed by atoms with Crippen LogP contribution in [0, 0.1) is 5.92 Å². The molecule has 1 atom stereocenters. The zero-order valence-corrected chi connectivity index (χ0v) is 23.6. The topological polar surface area (TPSA) is 71.3 Å². The average Bonchev–Trinajstić information content (AvgIpc) is 3.35. The Bertz CT molecular complexity index is 1160. The fraction of sp³-hybridized carbons (Fsp3) is 0.483. The molecule has 3 aromatic rings. The highest BCUT2D eigenvalue weighted by Gasteiger charge is 2.26. The number of carbonyl (C=O) groups is 1. The number of piperidine rings is 1. The second-order valence-electron chi connectivity index (χ2n) is 10.7. The Labute approximate surface area is 229 Å². The van der Waals surface area contributed by atoms with E-state index in [1.165, 1.54) is 5.56 Å². The number of carbonyl (C=O) groups excluding carboxylic acids is 1. The number of hydrogen-bond acceptors (Lipinski definition) is 6. The second kappa shape index (κ2) is 12.9. The molecule has 0 bridgehead atoms. The number of halogens is 1. The maximum atomic E-state index is 12.8. The average molecular weight is 541 g/mol. The molecule has 1 aromatic heterocycles. The minimum atomic E-state index is -0.00290. The molecule has 0 spiro atoms. The van der Waals surface area contributed by atoms with Gasteiger partial charge in [-0.1, -0.05) is 80.0 Å². The predicted octanol–water partition coefficient (Wildman–Crippen LogP) is 6.34. The van der Waals surface area contributed by atoms with Gasteiger partial charge in [0.05, 0.1) is 12.5 Å². The molecular formula is C29H37ClN4O2S. The van der Waals surface area contributed by atoms with Gasteiger partial charge in [-0.3, -0.25) is 9.69 Å². The van der Waals surface area contributed by atoms with E-state index in [2.05, 4.69) is 59.3 Å². The van der Waals surface area contributed by atoms with Gasteiger partial charge < -0.3 is 9.84 Å². The van der Waals surface area contributed by atoms with Gasteiger partial charge in [0.25, 0.3) is 0 Å². The van der Waals surface area contributed by atoms with Crippen LogP contribution < -0.4 is 5.32 Å². The molecule has 198 valence electrons. The highest BCUT2D eigenvalue weighted by Crippen LogP contribution is 2.26. The highest BCUT2D eigenvalue weighted by atomic mass is 35.5. The molecule has 2 aromatic carbocycles. The van der Waals surface area contributed by atoms with Gasteiger partial charge in [-0.05, 0) is 54.2 Å². The zero-order chi connectivity index (χ0) is 26.3. The van der Waals surface area contributed by atoms with Gasteiger partial charge in [0.15, 0.2) is 0 Å². The lowest BCUT2D eigenvalue weighted by atomic mass is 9.87. The van der Waals surface area contributed by atoms with Crippen molar-refractivity contribution in [1.82, 2.24) is 20.4 Å². The van der Waals surface area contributed by atoms with Crippen LogP contribution in [0.5, 0.6) is 0 Å². The van der Waals surface area contributed by atoms with Gasteiger partial charge in [-0.2, -0.15) is 16.7 Å². The van der Waals surface area contributed by atoms with Crippen LogP contribution in [0.3, 0.4) is 0 Å². The minimum Gasteiger partial charge on any atom is -0.356 e. The third-order valence-corrected chi connectivity index (χ3v) is 8.15. The van der Waals surface area contributed by atoms with Gasteiger partial charge in [0.2, 0.25) is 17.6 Å². The maximum absolute atomic E-state index is 12.8. The van der Waals surface area contributed by atoms with E-state index in [0.717, 1.165) is 53.5 Å². The summed E-state index contributed by atoms with van der Waals surface area (Å²) in [6.45, 7) is 9.50. The first-order valence-electron chi connectivity index (χ1n) is 13.0. The molecule has 2 heterocycles. The van der Waals surface area contributed by atoms with Crippen molar-refractivity contribution in [2.24, 2.45) is 5.92 Å². The van der Waals surface area contributed by atoms with Crippen LogP contribution >= 0.6 is 23.4 Å². The Morgan fingerprint density at radius 2 is 1.97 bits per heavy atom. The fourth-order valence-corrected chi connectivity index (χ4v) is 5.73. The van der Waals surface area contributed by atoms with E-state index >= 15 is 0 Å². The molecule has 1 saturated heterocycles. The van der Waals surface area contributed by atoms with Crippen LogP contribution in [0.4, 0.5) is 0 Å². The molecule has 1 aliphatic rings. The summed E-state index contributed by atoms with van der Waals surface area (Å²) in [6, 6.07) is 16.3. The summed E-state index contributed by atoms with van der Waals surface area (Å²) in [6.07, 6.45) is 2.85. The standard InChI is InChI=1S/C29H37ClN4O2S/c1-29(2,3)24-13-11-21(12-14-24)27-32-26(36-33-27)19-34-16-6-9-22(18-34)28(35)31-15-7-17-37-20-23-8-4-5-10-25(23)30/h4-5,8,10-14,22H,6-7,9,15-20H2,1-3H3,(H,31,35). The normalized spacial score (nSPS) is 16.6. The number of thioether (sulfide) groups is 1. The highest BCUT2D eigenvalue weighted by molar-refractivity contribution is 7.98. The first-order valence-corrected chi connectivity index (χ1v) is 14.6. The van der Waals surface area contributed by atoms with E-state index in [-0.39, 0.29) is 17.2 Å². The van der Waals surface area contributed by atoms with E-state index < -0.39 is 0 Å². The Hall–Kier alpha value is -2.35. The van der Waals surface area contributed by atoms with Crippen molar-refractivity contribution in [2.45, 2.75) is 57.7 Å². The van der Waals surface area contributed by atoms with Gasteiger partial charge in [-0.15, -0.1) is 0 Å². The summed E-state index contributed by atoms with van der Waals surface area (Å²) in [7, 11) is 0. The number of nitrogens with zero attached hydrogens (tertiary/aromatic N) is 3. The van der Waals surface area contributed by atoms with Gasteiger partial charge in [0, 0.05) is 29.4 Å². The third kappa shape index (κ3) is 8.06. The first kappa shape index (κ1) is 27.7. The lowest BCUT2D eigenvalue weighted by Gasteiger charge is -2.30. The largest absolute Gasteiger partial charge is 0.356 e. The Balaban J connectivity index is 1.19. The Morgan fingerprint density at radius 3 is 2.73 bits per heavy atom. The quantitative estimate of drug-likeness (QED) is 0.302. The number of benzene rings is 2. The molecule has 6 nitrogen and oxygen atoms in total. The molecule has 8 heteroatoms. The summed E-state index contributed by atoms with van der Waals surface area (Å²) in [4.78, 5) is 19.6. The van der Waals surface area contributed by atoms with Crippen molar-refractivity contribution in [1.29, 1.82) is 0 Å². The van der Waals surface area contributed by atoms with E-state index in [0.29, 0.717) is 31.3 Å². The van der Waals surface area contributed by atoms with Crippen molar-refractivity contribution < 1.29 is 9.32 Å². The van der Waals surface area contributed by atoms with Gasteiger partial charge in [0.1, 0.15) is 0 Å². The van der Waals surface area contributed by atoms with Crippen LogP contribution in [-0.4, -0.2) is 46.3 Å². The van der Waals surface area contributed by atoms with Crippen molar-refractivity contribution >= 4 is 29.3 Å². The summed E-state index contributed by atoms with van der Waals surface area (Å²) in [5.41, 5.74) is 3.48. The predicted molar refractivity (Wildman–Crippen MR) is 152 cm³/mol. The van der Waals surface area contributed by atoms with Crippen molar-refractivity contribution in [3.05, 3.63) is 70.6 Å². The minimum absolute atomic E-state index is 0.00290. The smallest absolute Gasteiger partial charge is 0.241 e. The number of likely N-dealkylation sites (tertiary alicyclic amines) is 1. The number of nitrogens with one attached hydrogen (secondary N) is 1. The van der Waals surface area contributed by atoms with Crippen molar-refractivity contribution in [3.8, 4) is 11.4 Å². The van der Waals surface area contributed by atoms with Crippen LogP contribution in [0.25, 0.3) is 11.4 Å². The molecule has 1 unspecified atom stereocenters. The van der Waals surface area contributed by atoms with Crippen LogP contribution in [-0.2, 0) is 22.5 Å². The molecule has 1 aliphatic heterocycles. The molecule has 1 fully saturated rings. The number of amides is 1. The zero-order valence-electron chi connectivity index (χ0n) is 22.0. The van der Waals surface area contributed by atoms with E-state index in [9.17, 15) is 4.79 Å². The van der Waals surface area contributed by atoms with Gasteiger partial charge >= 0.3 is 0 Å². The molecule has 0 saturated carbocycles. The molecule has 0 radical (unpaired) electrons. The summed E-state index contributed by atoms with van der Waals surface area (Å²) >= 11 is 8.06. The Morgan fingerprint density at radius 1 is 1.19 bits per heavy atom. The molecular weight excluding hydrogens is 504 g/mol. The van der Waals surface area contributed by atoms with Crippen LogP contribution in [0.1, 0.15) is 57.1 Å². The van der Waals surface area contributed by atoms with E-state index in [4.69, 9.17) is 16.1 Å². The van der Waals surface area contributed by atoms with E-state index in [1.807, 2.05) is 42.1 Å². The summed E-state index contributed by atoms with van der Waals surface area (Å²) in [5, 5.41) is 8.13. The second-order valence-corrected chi connectivity index (χ2v) is 12.2. The summed E-state index contributed by atoms with van der Waals surface area (Å²) in [5.74, 6) is 3.22. The van der Waals surface area contributed by atoms with Crippen molar-refractivity contribution in [2.75, 3.05) is 25.4 Å². The fourth-order valence-electron chi connectivity index (χ4n) is 4.49. The maximum Gasteiger partial charge on any atom is 0.241 e. The monoisotopic (exact) mass is 540 g/mol. The molecule has 0 aliphatic carbocycles. The summed E-state index contributed by atoms with van der Waals surface area (Å²) < 4.78 is 5.54. The van der Waals surface area contributed by atoms with E-state index in [1.54, 1.807) is 0 Å². The van der Waals surface area contributed by atoms with Crippen LogP contribution in [0.15, 0.2) is 53.1 Å². The van der Waals surface area contributed by atoms with Crippen molar-refractivity contribution in [3.63, 3.8) is 0 Å². The molecule has 1 amide bonds. The first-order chi connectivity index (χ1) is 17.8. The molecule has 37 heavy (non-hydrogen) atoms.